The lowest BCUT2D eigenvalue weighted by Gasteiger charge is -2.12. The molecule has 0 aromatic heterocycles. The molecular weight excluding hydrogens is 497 g/mol. The van der Waals surface area contributed by atoms with Gasteiger partial charge in [-0.25, -0.2) is 4.99 Å². The van der Waals surface area contributed by atoms with E-state index in [2.05, 4.69) is 20.9 Å². The van der Waals surface area contributed by atoms with Crippen molar-refractivity contribution in [3.8, 4) is 5.75 Å². The SMILES string of the molecule is CCNC(=NCc1ccc(OC)cc1)NCc1ccc(C(=O)NCC(N)=O)cc1.I. The summed E-state index contributed by atoms with van der Waals surface area (Å²) in [5, 5.41) is 8.94. The molecule has 0 saturated carbocycles. The van der Waals surface area contributed by atoms with Crippen molar-refractivity contribution in [1.82, 2.24) is 16.0 Å². The lowest BCUT2D eigenvalue weighted by molar-refractivity contribution is -0.117. The van der Waals surface area contributed by atoms with Crippen molar-refractivity contribution in [2.24, 2.45) is 10.7 Å². The van der Waals surface area contributed by atoms with E-state index in [4.69, 9.17) is 10.5 Å². The molecule has 0 aliphatic carbocycles. The summed E-state index contributed by atoms with van der Waals surface area (Å²) in [6.45, 7) is 3.66. The van der Waals surface area contributed by atoms with Crippen LogP contribution in [0.4, 0.5) is 0 Å². The molecule has 0 aliphatic rings. The highest BCUT2D eigenvalue weighted by Crippen LogP contribution is 2.12. The molecule has 0 saturated heterocycles. The van der Waals surface area contributed by atoms with Gasteiger partial charge in [-0.1, -0.05) is 24.3 Å². The molecule has 2 aromatic carbocycles. The van der Waals surface area contributed by atoms with Gasteiger partial charge in [-0.2, -0.15) is 0 Å². The number of hydrogen-bond acceptors (Lipinski definition) is 4. The number of nitrogens with one attached hydrogen (secondary N) is 3. The number of ether oxygens (including phenoxy) is 1. The van der Waals surface area contributed by atoms with E-state index in [1.54, 1.807) is 19.2 Å². The summed E-state index contributed by atoms with van der Waals surface area (Å²) >= 11 is 0. The van der Waals surface area contributed by atoms with E-state index in [9.17, 15) is 9.59 Å². The average molecular weight is 525 g/mol. The van der Waals surface area contributed by atoms with Gasteiger partial charge in [0.1, 0.15) is 5.75 Å². The lowest BCUT2D eigenvalue weighted by Crippen LogP contribution is -2.36. The van der Waals surface area contributed by atoms with Gasteiger partial charge in [-0.05, 0) is 42.3 Å². The molecule has 0 aliphatic heterocycles. The van der Waals surface area contributed by atoms with Crippen LogP contribution >= 0.6 is 24.0 Å². The number of halogens is 1. The van der Waals surface area contributed by atoms with Gasteiger partial charge < -0.3 is 26.4 Å². The predicted octanol–water partition coefficient (Wildman–Crippen LogP) is 1.78. The van der Waals surface area contributed by atoms with Gasteiger partial charge in [0.2, 0.25) is 5.91 Å². The zero-order valence-electron chi connectivity index (χ0n) is 17.1. The van der Waals surface area contributed by atoms with Gasteiger partial charge in [0.25, 0.3) is 5.91 Å². The maximum absolute atomic E-state index is 11.9. The normalized spacial score (nSPS) is 10.5. The highest BCUT2D eigenvalue weighted by Gasteiger charge is 2.06. The number of aliphatic imine (C=N–C) groups is 1. The summed E-state index contributed by atoms with van der Waals surface area (Å²) < 4.78 is 5.16. The summed E-state index contributed by atoms with van der Waals surface area (Å²) in [6, 6.07) is 14.9. The van der Waals surface area contributed by atoms with Crippen LogP contribution in [-0.2, 0) is 17.9 Å². The molecule has 0 unspecified atom stereocenters. The molecular formula is C21H28IN5O3. The minimum absolute atomic E-state index is 0. The van der Waals surface area contributed by atoms with Crippen molar-refractivity contribution in [3.05, 3.63) is 65.2 Å². The topological polar surface area (TPSA) is 118 Å². The van der Waals surface area contributed by atoms with Gasteiger partial charge in [0.15, 0.2) is 5.96 Å². The third kappa shape index (κ3) is 8.68. The molecule has 2 rings (SSSR count). The second kappa shape index (κ2) is 13.4. The fourth-order valence-electron chi connectivity index (χ4n) is 2.47. The molecule has 0 atom stereocenters. The minimum atomic E-state index is -0.580. The zero-order chi connectivity index (χ0) is 21.1. The Balaban J connectivity index is 0.00000450. The van der Waals surface area contributed by atoms with E-state index in [0.717, 1.165) is 23.4 Å². The standard InChI is InChI=1S/C21H27N5O3.HI/c1-3-23-21(26-13-16-6-10-18(29-2)11-7-16)25-12-15-4-8-17(9-5-15)20(28)24-14-19(22)27;/h4-11H,3,12-14H2,1-2H3,(H2,22,27)(H,24,28)(H2,23,25,26);1H. The fraction of sp³-hybridized carbons (Fsp3) is 0.286. The number of rotatable bonds is 9. The first-order valence-corrected chi connectivity index (χ1v) is 9.32. The smallest absolute Gasteiger partial charge is 0.251 e. The van der Waals surface area contributed by atoms with Crippen LogP contribution < -0.4 is 26.4 Å². The number of nitrogens with zero attached hydrogens (tertiary/aromatic N) is 1. The van der Waals surface area contributed by atoms with Crippen LogP contribution in [0.2, 0.25) is 0 Å². The van der Waals surface area contributed by atoms with Crippen molar-refractivity contribution in [2.45, 2.75) is 20.0 Å². The largest absolute Gasteiger partial charge is 0.497 e. The number of amides is 2. The summed E-state index contributed by atoms with van der Waals surface area (Å²) in [5.74, 6) is 0.600. The van der Waals surface area contributed by atoms with E-state index in [1.807, 2.05) is 43.3 Å². The van der Waals surface area contributed by atoms with Crippen LogP contribution in [0.1, 0.15) is 28.4 Å². The Morgan fingerprint density at radius 2 is 1.60 bits per heavy atom. The third-order valence-electron chi connectivity index (χ3n) is 4.02. The van der Waals surface area contributed by atoms with E-state index < -0.39 is 5.91 Å². The van der Waals surface area contributed by atoms with Gasteiger partial charge >= 0.3 is 0 Å². The van der Waals surface area contributed by atoms with E-state index in [0.29, 0.717) is 24.6 Å². The van der Waals surface area contributed by atoms with Crippen LogP contribution in [-0.4, -0.2) is 38.0 Å². The quantitative estimate of drug-likeness (QED) is 0.226. The van der Waals surface area contributed by atoms with Crippen LogP contribution in [0.25, 0.3) is 0 Å². The van der Waals surface area contributed by atoms with Crippen LogP contribution in [0, 0.1) is 0 Å². The van der Waals surface area contributed by atoms with Crippen LogP contribution in [0.3, 0.4) is 0 Å². The second-order valence-corrected chi connectivity index (χ2v) is 6.24. The minimum Gasteiger partial charge on any atom is -0.497 e. The summed E-state index contributed by atoms with van der Waals surface area (Å²) in [4.78, 5) is 27.2. The van der Waals surface area contributed by atoms with Crippen molar-refractivity contribution in [1.29, 1.82) is 0 Å². The van der Waals surface area contributed by atoms with Crippen molar-refractivity contribution in [3.63, 3.8) is 0 Å². The molecule has 8 nitrogen and oxygen atoms in total. The average Bonchev–Trinajstić information content (AvgIpc) is 2.74. The highest BCUT2D eigenvalue weighted by atomic mass is 127. The Morgan fingerprint density at radius 1 is 0.967 bits per heavy atom. The number of carbonyl (C=O) groups is 2. The number of carbonyl (C=O) groups excluding carboxylic acids is 2. The molecule has 162 valence electrons. The molecule has 0 bridgehead atoms. The fourth-order valence-corrected chi connectivity index (χ4v) is 2.47. The first-order valence-electron chi connectivity index (χ1n) is 9.32. The number of benzene rings is 2. The number of hydrogen-bond donors (Lipinski definition) is 4. The molecule has 0 spiro atoms. The van der Waals surface area contributed by atoms with Gasteiger partial charge in [0.05, 0.1) is 20.2 Å². The van der Waals surface area contributed by atoms with Crippen LogP contribution in [0.5, 0.6) is 5.75 Å². The Bertz CT molecular complexity index is 839. The monoisotopic (exact) mass is 525 g/mol. The number of nitrogens with two attached hydrogens (primary N) is 1. The number of methoxy groups -OCH3 is 1. The van der Waals surface area contributed by atoms with Gasteiger partial charge in [0, 0.05) is 18.7 Å². The third-order valence-corrected chi connectivity index (χ3v) is 4.02. The Hall–Kier alpha value is -2.82. The molecule has 2 aromatic rings. The number of primary amides is 1. The first kappa shape index (κ1) is 25.2. The Kier molecular flexibility index (Phi) is 11.3. The maximum Gasteiger partial charge on any atom is 0.251 e. The van der Waals surface area contributed by atoms with Crippen LogP contribution in [0.15, 0.2) is 53.5 Å². The Morgan fingerprint density at radius 3 is 2.17 bits per heavy atom. The van der Waals surface area contributed by atoms with E-state index >= 15 is 0 Å². The molecule has 0 fully saturated rings. The van der Waals surface area contributed by atoms with E-state index in [-0.39, 0.29) is 36.4 Å². The molecule has 0 heterocycles. The van der Waals surface area contributed by atoms with Gasteiger partial charge in [-0.15, -0.1) is 24.0 Å². The maximum atomic E-state index is 11.9. The van der Waals surface area contributed by atoms with E-state index in [1.165, 1.54) is 0 Å². The first-order chi connectivity index (χ1) is 14.0. The van der Waals surface area contributed by atoms with Crippen molar-refractivity contribution in [2.75, 3.05) is 20.2 Å². The number of guanidine groups is 1. The molecule has 0 radical (unpaired) electrons. The van der Waals surface area contributed by atoms with Crippen molar-refractivity contribution < 1.29 is 14.3 Å². The van der Waals surface area contributed by atoms with Gasteiger partial charge in [-0.3, -0.25) is 9.59 Å². The molecule has 2 amide bonds. The second-order valence-electron chi connectivity index (χ2n) is 6.24. The Labute approximate surface area is 193 Å². The highest BCUT2D eigenvalue weighted by molar-refractivity contribution is 14.0. The summed E-state index contributed by atoms with van der Waals surface area (Å²) in [6.07, 6.45) is 0. The summed E-state index contributed by atoms with van der Waals surface area (Å²) in [5.41, 5.74) is 7.56. The van der Waals surface area contributed by atoms with Crippen molar-refractivity contribution >= 4 is 41.8 Å². The zero-order valence-corrected chi connectivity index (χ0v) is 19.4. The lowest BCUT2D eigenvalue weighted by atomic mass is 10.1. The summed E-state index contributed by atoms with van der Waals surface area (Å²) in [7, 11) is 1.64. The molecule has 30 heavy (non-hydrogen) atoms. The molecule has 9 heteroatoms. The molecule has 5 N–H and O–H groups in total. The predicted molar refractivity (Wildman–Crippen MR) is 128 cm³/mol.